The molecule has 84 valence electrons. The molecule has 0 saturated carbocycles. The van der Waals surface area contributed by atoms with Crippen molar-refractivity contribution < 1.29 is 9.15 Å². The molecule has 2 aromatic heterocycles. The lowest BCUT2D eigenvalue weighted by molar-refractivity contribution is 0.414. The third-order valence-corrected chi connectivity index (χ3v) is 2.52. The van der Waals surface area contributed by atoms with Gasteiger partial charge in [-0.15, -0.1) is 0 Å². The highest BCUT2D eigenvalue weighted by molar-refractivity contribution is 5.77. The lowest BCUT2D eigenvalue weighted by Gasteiger charge is -1.95. The summed E-state index contributed by atoms with van der Waals surface area (Å²) in [5, 5.41) is 0. The van der Waals surface area contributed by atoms with Crippen LogP contribution in [0.15, 0.2) is 47.1 Å². The molecule has 1 aromatic carbocycles. The maximum absolute atomic E-state index is 5.68. The summed E-state index contributed by atoms with van der Waals surface area (Å²) in [4.78, 5) is 8.37. The number of methoxy groups -OCH3 is 1. The van der Waals surface area contributed by atoms with Crippen LogP contribution in [0.5, 0.6) is 5.75 Å². The molecule has 2 heterocycles. The van der Waals surface area contributed by atoms with Crippen molar-refractivity contribution in [2.45, 2.75) is 0 Å². The van der Waals surface area contributed by atoms with Crippen molar-refractivity contribution >= 4 is 11.1 Å². The molecule has 0 spiro atoms. The van der Waals surface area contributed by atoms with Crippen molar-refractivity contribution in [2.75, 3.05) is 7.11 Å². The average Bonchev–Trinajstić information content (AvgIpc) is 2.82. The van der Waals surface area contributed by atoms with Gasteiger partial charge in [0, 0.05) is 24.0 Å². The molecular formula is C13H10N2O2. The number of aromatic nitrogens is 2. The number of benzene rings is 1. The molecular weight excluding hydrogens is 216 g/mol. The van der Waals surface area contributed by atoms with Crippen LogP contribution in [0.1, 0.15) is 0 Å². The van der Waals surface area contributed by atoms with Crippen molar-refractivity contribution in [3.05, 3.63) is 42.7 Å². The third kappa shape index (κ3) is 1.73. The van der Waals surface area contributed by atoms with Crippen LogP contribution in [-0.2, 0) is 0 Å². The maximum atomic E-state index is 5.68. The Morgan fingerprint density at radius 2 is 1.94 bits per heavy atom. The molecule has 0 atom stereocenters. The molecule has 0 aliphatic carbocycles. The zero-order chi connectivity index (χ0) is 11.7. The van der Waals surface area contributed by atoms with Gasteiger partial charge in [0.15, 0.2) is 5.58 Å². The second kappa shape index (κ2) is 3.90. The molecule has 0 N–H and O–H groups in total. The molecule has 0 unspecified atom stereocenters. The monoisotopic (exact) mass is 226 g/mol. The Hall–Kier alpha value is -2.36. The molecule has 17 heavy (non-hydrogen) atoms. The summed E-state index contributed by atoms with van der Waals surface area (Å²) in [6.07, 6.45) is 3.43. The van der Waals surface area contributed by atoms with Gasteiger partial charge >= 0.3 is 0 Å². The van der Waals surface area contributed by atoms with Gasteiger partial charge in [-0.05, 0) is 24.3 Å². The molecule has 0 amide bonds. The van der Waals surface area contributed by atoms with E-state index in [0.717, 1.165) is 22.4 Å². The zero-order valence-corrected chi connectivity index (χ0v) is 9.25. The molecule has 0 bridgehead atoms. The molecule has 3 aromatic rings. The second-order valence-corrected chi connectivity index (χ2v) is 3.59. The van der Waals surface area contributed by atoms with Crippen molar-refractivity contribution in [1.29, 1.82) is 0 Å². The van der Waals surface area contributed by atoms with E-state index in [1.807, 2.05) is 30.3 Å². The first kappa shape index (κ1) is 9.84. The fourth-order valence-corrected chi connectivity index (χ4v) is 1.65. The van der Waals surface area contributed by atoms with Gasteiger partial charge < -0.3 is 9.15 Å². The summed E-state index contributed by atoms with van der Waals surface area (Å²) in [5.41, 5.74) is 2.45. The molecule has 3 rings (SSSR count). The van der Waals surface area contributed by atoms with E-state index in [1.165, 1.54) is 0 Å². The Morgan fingerprint density at radius 1 is 1.12 bits per heavy atom. The molecule has 0 radical (unpaired) electrons. The Bertz CT molecular complexity index is 647. The van der Waals surface area contributed by atoms with E-state index in [0.29, 0.717) is 5.89 Å². The van der Waals surface area contributed by atoms with Crippen molar-refractivity contribution in [3.8, 4) is 17.2 Å². The molecule has 0 aliphatic heterocycles. The molecule has 0 aliphatic rings. The molecule has 0 saturated heterocycles. The van der Waals surface area contributed by atoms with E-state index in [9.17, 15) is 0 Å². The standard InChI is InChI=1S/C13H10N2O2/c1-16-10-2-3-11-12(8-10)17-13(15-11)9-4-6-14-7-5-9/h2-8H,1H3. The fraction of sp³-hybridized carbons (Fsp3) is 0.0769. The van der Waals surface area contributed by atoms with Gasteiger partial charge in [-0.2, -0.15) is 0 Å². The highest BCUT2D eigenvalue weighted by Gasteiger charge is 2.08. The first-order chi connectivity index (χ1) is 8.36. The first-order valence-electron chi connectivity index (χ1n) is 5.22. The van der Waals surface area contributed by atoms with Gasteiger partial charge in [0.05, 0.1) is 7.11 Å². The Kier molecular flexibility index (Phi) is 2.26. The van der Waals surface area contributed by atoms with Crippen LogP contribution in [0.4, 0.5) is 0 Å². The predicted molar refractivity (Wildman–Crippen MR) is 63.8 cm³/mol. The van der Waals surface area contributed by atoms with Gasteiger partial charge in [0.1, 0.15) is 11.3 Å². The summed E-state index contributed by atoms with van der Waals surface area (Å²) in [5.74, 6) is 1.35. The lowest BCUT2D eigenvalue weighted by Crippen LogP contribution is -1.80. The zero-order valence-electron chi connectivity index (χ0n) is 9.25. The van der Waals surface area contributed by atoms with Crippen LogP contribution < -0.4 is 4.74 Å². The molecule has 4 heteroatoms. The summed E-state index contributed by atoms with van der Waals surface area (Å²) < 4.78 is 10.8. The third-order valence-electron chi connectivity index (χ3n) is 2.52. The van der Waals surface area contributed by atoms with E-state index in [4.69, 9.17) is 9.15 Å². The summed E-state index contributed by atoms with van der Waals surface area (Å²) in [6, 6.07) is 9.29. The summed E-state index contributed by atoms with van der Waals surface area (Å²) in [6.45, 7) is 0. The Balaban J connectivity index is 2.14. The fourth-order valence-electron chi connectivity index (χ4n) is 1.65. The van der Waals surface area contributed by atoms with Gasteiger partial charge in [-0.3, -0.25) is 4.98 Å². The topological polar surface area (TPSA) is 48.2 Å². The number of rotatable bonds is 2. The van der Waals surface area contributed by atoms with Gasteiger partial charge in [-0.1, -0.05) is 0 Å². The minimum atomic E-state index is 0.593. The largest absolute Gasteiger partial charge is 0.497 e. The lowest BCUT2D eigenvalue weighted by atomic mass is 10.3. The highest BCUT2D eigenvalue weighted by atomic mass is 16.5. The number of hydrogen-bond donors (Lipinski definition) is 0. The Morgan fingerprint density at radius 3 is 2.71 bits per heavy atom. The summed E-state index contributed by atoms with van der Waals surface area (Å²) in [7, 11) is 1.63. The highest BCUT2D eigenvalue weighted by Crippen LogP contribution is 2.26. The van der Waals surface area contributed by atoms with Crippen molar-refractivity contribution in [2.24, 2.45) is 0 Å². The van der Waals surface area contributed by atoms with Crippen molar-refractivity contribution in [3.63, 3.8) is 0 Å². The summed E-state index contributed by atoms with van der Waals surface area (Å²) >= 11 is 0. The minimum Gasteiger partial charge on any atom is -0.497 e. The van der Waals surface area contributed by atoms with E-state index in [-0.39, 0.29) is 0 Å². The average molecular weight is 226 g/mol. The van der Waals surface area contributed by atoms with E-state index >= 15 is 0 Å². The van der Waals surface area contributed by atoms with Gasteiger partial charge in [0.25, 0.3) is 0 Å². The van der Waals surface area contributed by atoms with Crippen LogP contribution in [-0.4, -0.2) is 17.1 Å². The minimum absolute atomic E-state index is 0.593. The predicted octanol–water partition coefficient (Wildman–Crippen LogP) is 2.90. The Labute approximate surface area is 97.9 Å². The molecule has 4 nitrogen and oxygen atoms in total. The van der Waals surface area contributed by atoms with Crippen LogP contribution in [0.25, 0.3) is 22.6 Å². The molecule has 0 fully saturated rings. The van der Waals surface area contributed by atoms with Crippen molar-refractivity contribution in [1.82, 2.24) is 9.97 Å². The number of hydrogen-bond acceptors (Lipinski definition) is 4. The number of nitrogens with zero attached hydrogens (tertiary/aromatic N) is 2. The SMILES string of the molecule is COc1ccc2nc(-c3ccncc3)oc2c1. The van der Waals surface area contributed by atoms with E-state index < -0.39 is 0 Å². The number of oxazole rings is 1. The normalized spacial score (nSPS) is 10.6. The smallest absolute Gasteiger partial charge is 0.227 e. The maximum Gasteiger partial charge on any atom is 0.227 e. The van der Waals surface area contributed by atoms with Gasteiger partial charge in [-0.25, -0.2) is 4.98 Å². The first-order valence-corrected chi connectivity index (χ1v) is 5.22. The van der Waals surface area contributed by atoms with E-state index in [2.05, 4.69) is 9.97 Å². The van der Waals surface area contributed by atoms with Crippen LogP contribution >= 0.6 is 0 Å². The second-order valence-electron chi connectivity index (χ2n) is 3.59. The van der Waals surface area contributed by atoms with Crippen LogP contribution in [0, 0.1) is 0 Å². The van der Waals surface area contributed by atoms with Crippen LogP contribution in [0.3, 0.4) is 0 Å². The number of ether oxygens (including phenoxy) is 1. The number of fused-ring (bicyclic) bond motifs is 1. The number of pyridine rings is 1. The van der Waals surface area contributed by atoms with E-state index in [1.54, 1.807) is 19.5 Å². The van der Waals surface area contributed by atoms with Gasteiger partial charge in [0.2, 0.25) is 5.89 Å². The van der Waals surface area contributed by atoms with Crippen LogP contribution in [0.2, 0.25) is 0 Å². The quantitative estimate of drug-likeness (QED) is 0.674.